The summed E-state index contributed by atoms with van der Waals surface area (Å²) in [5.74, 6) is 1.21. The van der Waals surface area contributed by atoms with Crippen molar-refractivity contribution in [1.29, 1.82) is 0 Å². The second-order valence-corrected chi connectivity index (χ2v) is 13.7. The van der Waals surface area contributed by atoms with E-state index in [9.17, 15) is 4.79 Å². The van der Waals surface area contributed by atoms with Gasteiger partial charge in [-0.15, -0.1) is 0 Å². The van der Waals surface area contributed by atoms with Gasteiger partial charge in [0, 0.05) is 11.8 Å². The smallest absolute Gasteiger partial charge is 0.309 e. The number of hydrogen-bond donors (Lipinski definition) is 0. The number of hydrogen-bond acceptors (Lipinski definition) is 2. The Hall–Kier alpha value is -0.833. The molecule has 0 aromatic carbocycles. The van der Waals surface area contributed by atoms with E-state index < -0.39 is 13.7 Å². The van der Waals surface area contributed by atoms with Crippen LogP contribution in [0, 0.1) is 23.7 Å². The van der Waals surface area contributed by atoms with E-state index in [-0.39, 0.29) is 11.9 Å². The quantitative estimate of drug-likeness (QED) is 0.415. The van der Waals surface area contributed by atoms with E-state index in [1.165, 1.54) is 6.42 Å². The van der Waals surface area contributed by atoms with Crippen molar-refractivity contribution >= 4 is 14.0 Å². The first-order chi connectivity index (χ1) is 10.1. The molecule has 0 aromatic rings. The monoisotopic (exact) mass is 320 g/mol. The predicted molar refractivity (Wildman–Crippen MR) is 95.3 cm³/mol. The van der Waals surface area contributed by atoms with E-state index in [0.29, 0.717) is 17.8 Å². The second-order valence-electron chi connectivity index (χ2n) is 8.41. The van der Waals surface area contributed by atoms with Crippen LogP contribution < -0.4 is 0 Å². The van der Waals surface area contributed by atoms with Crippen LogP contribution in [0.5, 0.6) is 0 Å². The van der Waals surface area contributed by atoms with Gasteiger partial charge in [-0.25, -0.2) is 0 Å². The fourth-order valence-corrected chi connectivity index (χ4v) is 4.91. The van der Waals surface area contributed by atoms with Crippen molar-refractivity contribution in [2.75, 3.05) is 0 Å². The molecule has 0 amide bonds. The molecular formula is C19H32O2Si. The van der Waals surface area contributed by atoms with Crippen molar-refractivity contribution in [2.45, 2.75) is 65.3 Å². The highest BCUT2D eigenvalue weighted by molar-refractivity contribution is 6.82. The first-order valence-corrected chi connectivity index (χ1v) is 12.2. The highest BCUT2D eigenvalue weighted by Crippen LogP contribution is 2.53. The minimum absolute atomic E-state index is 0.00932. The van der Waals surface area contributed by atoms with E-state index in [1.54, 1.807) is 5.20 Å². The number of esters is 1. The number of ether oxygens (including phenoxy) is 1. The van der Waals surface area contributed by atoms with Crippen LogP contribution in [0.4, 0.5) is 0 Å². The first-order valence-electron chi connectivity index (χ1n) is 8.67. The molecule has 0 bridgehead atoms. The lowest BCUT2D eigenvalue weighted by atomic mass is 9.61. The average Bonchev–Trinajstić information content (AvgIpc) is 2.69. The van der Waals surface area contributed by atoms with Gasteiger partial charge in [-0.1, -0.05) is 51.3 Å². The van der Waals surface area contributed by atoms with E-state index in [4.69, 9.17) is 4.74 Å². The van der Waals surface area contributed by atoms with E-state index in [2.05, 4.69) is 46.1 Å². The van der Waals surface area contributed by atoms with Gasteiger partial charge in [-0.3, -0.25) is 4.79 Å². The zero-order valence-corrected chi connectivity index (χ0v) is 16.1. The largest absolute Gasteiger partial charge is 0.454 e. The Morgan fingerprint density at radius 1 is 1.36 bits per heavy atom. The Morgan fingerprint density at radius 3 is 2.55 bits per heavy atom. The van der Waals surface area contributed by atoms with Crippen molar-refractivity contribution in [1.82, 2.24) is 0 Å². The van der Waals surface area contributed by atoms with Crippen LogP contribution in [-0.4, -0.2) is 19.6 Å². The number of rotatable bonds is 4. The summed E-state index contributed by atoms with van der Waals surface area (Å²) < 4.78 is 5.94. The SMILES string of the molecule is C=C[C@@]12OC(=O)[C@H](C)[C@@H]1CC[C@@H](C)[C@@H]2C/C=C(\C)[Si](C)(C)C. The molecule has 3 heteroatoms. The fraction of sp³-hybridized carbons (Fsp3) is 0.737. The summed E-state index contributed by atoms with van der Waals surface area (Å²) in [6, 6.07) is 0. The van der Waals surface area contributed by atoms with Gasteiger partial charge in [0.05, 0.1) is 14.0 Å². The Labute approximate surface area is 137 Å². The Balaban J connectivity index is 2.31. The lowest BCUT2D eigenvalue weighted by Gasteiger charge is -2.46. The number of fused-ring (bicyclic) bond motifs is 1. The van der Waals surface area contributed by atoms with Crippen molar-refractivity contribution < 1.29 is 9.53 Å². The summed E-state index contributed by atoms with van der Waals surface area (Å²) in [6.07, 6.45) is 7.62. The van der Waals surface area contributed by atoms with Crippen molar-refractivity contribution in [3.8, 4) is 0 Å². The third kappa shape index (κ3) is 2.84. The van der Waals surface area contributed by atoms with Crippen molar-refractivity contribution in [3.05, 3.63) is 23.9 Å². The highest BCUT2D eigenvalue weighted by Gasteiger charge is 2.58. The zero-order chi connectivity index (χ0) is 16.7. The molecule has 2 nitrogen and oxygen atoms in total. The molecule has 0 radical (unpaired) electrons. The van der Waals surface area contributed by atoms with E-state index in [0.717, 1.165) is 12.8 Å². The first kappa shape index (κ1) is 17.5. The standard InChI is InChI=1S/C19H32O2Si/c1-8-19-16(12-10-14(3)22(5,6)7)13(2)9-11-17(19)15(4)18(20)21-19/h8,10,13,15-17H,1,9,11-12H2,2-7H3/b14-10+/t13-,15-,16+,17+,19+/m1/s1. The number of carbonyl (C=O) groups is 1. The molecule has 2 fully saturated rings. The summed E-state index contributed by atoms with van der Waals surface area (Å²) >= 11 is 0. The molecule has 1 saturated carbocycles. The maximum absolute atomic E-state index is 12.2. The van der Waals surface area contributed by atoms with Crippen molar-refractivity contribution in [3.63, 3.8) is 0 Å². The fourth-order valence-electron chi connectivity index (χ4n) is 4.18. The van der Waals surface area contributed by atoms with Gasteiger partial charge in [0.25, 0.3) is 0 Å². The Bertz CT molecular complexity index is 488. The summed E-state index contributed by atoms with van der Waals surface area (Å²) in [5, 5.41) is 1.54. The van der Waals surface area contributed by atoms with Gasteiger partial charge < -0.3 is 4.74 Å². The third-order valence-corrected chi connectivity index (χ3v) is 8.78. The minimum atomic E-state index is -1.23. The molecule has 1 aliphatic carbocycles. The van der Waals surface area contributed by atoms with Gasteiger partial charge >= 0.3 is 5.97 Å². The molecule has 1 saturated heterocycles. The van der Waals surface area contributed by atoms with E-state index >= 15 is 0 Å². The molecule has 2 aliphatic rings. The van der Waals surface area contributed by atoms with Crippen LogP contribution in [0.25, 0.3) is 0 Å². The topological polar surface area (TPSA) is 26.3 Å². The van der Waals surface area contributed by atoms with Gasteiger partial charge in [0.2, 0.25) is 0 Å². The predicted octanol–water partition coefficient (Wildman–Crippen LogP) is 4.98. The van der Waals surface area contributed by atoms with Crippen molar-refractivity contribution in [2.24, 2.45) is 23.7 Å². The molecular weight excluding hydrogens is 288 g/mol. The lowest BCUT2D eigenvalue weighted by Crippen LogP contribution is -2.48. The normalized spacial score (nSPS) is 39.4. The van der Waals surface area contributed by atoms with Crippen LogP contribution in [0.15, 0.2) is 23.9 Å². The molecule has 0 spiro atoms. The average molecular weight is 321 g/mol. The second kappa shape index (κ2) is 5.99. The van der Waals surface area contributed by atoms with Crippen LogP contribution in [0.2, 0.25) is 19.6 Å². The maximum atomic E-state index is 12.2. The molecule has 0 aromatic heterocycles. The van der Waals surface area contributed by atoms with Gasteiger partial charge in [-0.2, -0.15) is 0 Å². The van der Waals surface area contributed by atoms with Gasteiger partial charge in [-0.05, 0) is 38.2 Å². The summed E-state index contributed by atoms with van der Waals surface area (Å²) in [6.45, 7) is 17.8. The minimum Gasteiger partial charge on any atom is -0.454 e. The molecule has 0 N–H and O–H groups in total. The molecule has 2 rings (SSSR count). The molecule has 0 unspecified atom stereocenters. The maximum Gasteiger partial charge on any atom is 0.309 e. The summed E-state index contributed by atoms with van der Waals surface area (Å²) in [5.41, 5.74) is -0.440. The Morgan fingerprint density at radius 2 is 2.00 bits per heavy atom. The Kier molecular flexibility index (Phi) is 4.77. The zero-order valence-electron chi connectivity index (χ0n) is 15.1. The van der Waals surface area contributed by atoms with Gasteiger partial charge in [0.15, 0.2) is 0 Å². The molecule has 5 atom stereocenters. The van der Waals surface area contributed by atoms with Gasteiger partial charge in [0.1, 0.15) is 5.60 Å². The van der Waals surface area contributed by atoms with Crippen LogP contribution in [0.1, 0.15) is 40.0 Å². The summed E-state index contributed by atoms with van der Waals surface area (Å²) in [4.78, 5) is 12.2. The van der Waals surface area contributed by atoms with E-state index in [1.807, 2.05) is 13.0 Å². The number of allylic oxidation sites excluding steroid dienone is 2. The lowest BCUT2D eigenvalue weighted by molar-refractivity contribution is -0.154. The molecule has 1 heterocycles. The molecule has 124 valence electrons. The van der Waals surface area contributed by atoms with Crippen LogP contribution >= 0.6 is 0 Å². The van der Waals surface area contributed by atoms with Crippen LogP contribution in [-0.2, 0) is 9.53 Å². The molecule has 22 heavy (non-hydrogen) atoms. The number of carbonyl (C=O) groups excluding carboxylic acids is 1. The van der Waals surface area contributed by atoms with Crippen LogP contribution in [0.3, 0.4) is 0 Å². The molecule has 1 aliphatic heterocycles. The summed E-state index contributed by atoms with van der Waals surface area (Å²) in [7, 11) is -1.23. The highest BCUT2D eigenvalue weighted by atomic mass is 28.3. The third-order valence-electron chi connectivity index (χ3n) is 6.21.